The summed E-state index contributed by atoms with van der Waals surface area (Å²) in [7, 11) is 0. The van der Waals surface area contributed by atoms with E-state index in [9.17, 15) is 9.59 Å². The predicted molar refractivity (Wildman–Crippen MR) is 120 cm³/mol. The fourth-order valence-electron chi connectivity index (χ4n) is 2.05. The summed E-state index contributed by atoms with van der Waals surface area (Å²) in [5, 5.41) is 14.9. The van der Waals surface area contributed by atoms with E-state index in [0.29, 0.717) is 25.1 Å². The zero-order valence-corrected chi connectivity index (χ0v) is 18.9. The minimum Gasteiger partial charge on any atom is -0.325 e. The number of hydrogen-bond acceptors (Lipinski definition) is 6. The molecule has 0 saturated heterocycles. The molecule has 2 N–H and O–H groups in total. The molecule has 3 aromatic rings. The van der Waals surface area contributed by atoms with Crippen molar-refractivity contribution in [2.45, 2.75) is 4.34 Å². The topological polar surface area (TPSA) is 84.0 Å². The second-order valence-electron chi connectivity index (χ2n) is 5.42. The van der Waals surface area contributed by atoms with E-state index in [1.165, 1.54) is 23.9 Å². The molecule has 150 valence electrons. The van der Waals surface area contributed by atoms with Crippen LogP contribution in [0.25, 0.3) is 0 Å². The van der Waals surface area contributed by atoms with Gasteiger partial charge in [-0.1, -0.05) is 69.5 Å². The molecule has 12 heteroatoms. The molecule has 0 aliphatic carbocycles. The van der Waals surface area contributed by atoms with Crippen LogP contribution in [0, 0.1) is 0 Å². The zero-order valence-electron chi connectivity index (χ0n) is 14.2. The Labute approximate surface area is 193 Å². The lowest BCUT2D eigenvalue weighted by molar-refractivity contribution is -0.113. The molecule has 0 bridgehead atoms. The second kappa shape index (κ2) is 9.97. The van der Waals surface area contributed by atoms with E-state index in [0.717, 1.165) is 11.3 Å². The van der Waals surface area contributed by atoms with Crippen molar-refractivity contribution in [1.82, 2.24) is 10.2 Å². The van der Waals surface area contributed by atoms with E-state index in [2.05, 4.69) is 20.8 Å². The van der Waals surface area contributed by atoms with E-state index in [4.69, 9.17) is 46.4 Å². The first kappa shape index (κ1) is 22.1. The number of thioether (sulfide) groups is 1. The first-order valence-corrected chi connectivity index (χ1v) is 11.1. The van der Waals surface area contributed by atoms with Gasteiger partial charge in [-0.25, -0.2) is 0 Å². The summed E-state index contributed by atoms with van der Waals surface area (Å²) in [4.78, 5) is 24.4. The Morgan fingerprint density at radius 3 is 2.45 bits per heavy atom. The third-order valence-corrected chi connectivity index (χ3v) is 6.59. The Kier molecular flexibility index (Phi) is 7.61. The third-order valence-electron chi connectivity index (χ3n) is 3.33. The number of halogens is 4. The zero-order chi connectivity index (χ0) is 21.0. The molecule has 3 rings (SSSR count). The maximum absolute atomic E-state index is 12.3. The van der Waals surface area contributed by atoms with Gasteiger partial charge < -0.3 is 5.32 Å². The lowest BCUT2D eigenvalue weighted by Gasteiger charge is -2.05. The number of nitrogens with one attached hydrogen (secondary N) is 2. The molecule has 0 unspecified atom stereocenters. The van der Waals surface area contributed by atoms with Crippen molar-refractivity contribution in [3.8, 4) is 0 Å². The van der Waals surface area contributed by atoms with Crippen molar-refractivity contribution in [2.75, 3.05) is 16.4 Å². The third kappa shape index (κ3) is 6.21. The Hall–Kier alpha value is -1.55. The molecule has 0 fully saturated rings. The maximum Gasteiger partial charge on any atom is 0.259 e. The van der Waals surface area contributed by atoms with Gasteiger partial charge in [-0.2, -0.15) is 0 Å². The van der Waals surface area contributed by atoms with Gasteiger partial charge in [0.25, 0.3) is 5.91 Å². The predicted octanol–water partition coefficient (Wildman–Crippen LogP) is 6.13. The van der Waals surface area contributed by atoms with Gasteiger partial charge in [0.15, 0.2) is 4.34 Å². The summed E-state index contributed by atoms with van der Waals surface area (Å²) < 4.78 is 0.520. The highest BCUT2D eigenvalue weighted by molar-refractivity contribution is 8.01. The summed E-state index contributed by atoms with van der Waals surface area (Å²) in [6.07, 6.45) is 0. The molecule has 0 spiro atoms. The molecule has 0 atom stereocenters. The van der Waals surface area contributed by atoms with Crippen molar-refractivity contribution in [3.05, 3.63) is 62.1 Å². The van der Waals surface area contributed by atoms with E-state index in [1.54, 1.807) is 24.3 Å². The molecule has 2 aromatic carbocycles. The average molecular weight is 508 g/mol. The summed E-state index contributed by atoms with van der Waals surface area (Å²) >= 11 is 25.9. The van der Waals surface area contributed by atoms with Crippen molar-refractivity contribution in [1.29, 1.82) is 0 Å². The van der Waals surface area contributed by atoms with E-state index < -0.39 is 5.91 Å². The van der Waals surface area contributed by atoms with Crippen LogP contribution in [0.1, 0.15) is 10.4 Å². The van der Waals surface area contributed by atoms with Crippen molar-refractivity contribution < 1.29 is 9.59 Å². The first-order valence-electron chi connectivity index (χ1n) is 7.79. The van der Waals surface area contributed by atoms with Crippen molar-refractivity contribution in [2.24, 2.45) is 0 Å². The highest BCUT2D eigenvalue weighted by atomic mass is 35.5. The van der Waals surface area contributed by atoms with E-state index >= 15 is 0 Å². The molecule has 2 amide bonds. The van der Waals surface area contributed by atoms with Crippen LogP contribution in [0.5, 0.6) is 0 Å². The number of aromatic nitrogens is 2. The van der Waals surface area contributed by atoms with Crippen LogP contribution in [0.3, 0.4) is 0 Å². The van der Waals surface area contributed by atoms with Gasteiger partial charge in [0.1, 0.15) is 0 Å². The van der Waals surface area contributed by atoms with Gasteiger partial charge in [0.2, 0.25) is 11.0 Å². The molecule has 1 aromatic heterocycles. The fourth-order valence-corrected chi connectivity index (χ4v) is 4.39. The summed E-state index contributed by atoms with van der Waals surface area (Å²) in [5.41, 5.74) is 0.802. The minimum atomic E-state index is -0.434. The number of carbonyl (C=O) groups excluding carboxylic acids is 2. The van der Waals surface area contributed by atoms with Gasteiger partial charge in [0, 0.05) is 10.7 Å². The number of rotatable bonds is 6. The normalized spacial score (nSPS) is 10.6. The summed E-state index contributed by atoms with van der Waals surface area (Å²) in [6, 6.07) is 9.37. The standard InChI is InChI=1S/C17H10Cl4N4O2S2/c18-8-1-3-10(12(20)5-8)15(27)23-16-24-25-17(29-16)28-7-14(26)22-9-2-4-11(19)13(21)6-9/h1-6H,7H2,(H,22,26)(H,23,24,27). The highest BCUT2D eigenvalue weighted by Crippen LogP contribution is 2.28. The van der Waals surface area contributed by atoms with E-state index in [-0.39, 0.29) is 27.4 Å². The largest absolute Gasteiger partial charge is 0.325 e. The van der Waals surface area contributed by atoms with Crippen molar-refractivity contribution >= 4 is 92.1 Å². The Morgan fingerprint density at radius 2 is 1.72 bits per heavy atom. The lowest BCUT2D eigenvalue weighted by Crippen LogP contribution is -2.13. The fraction of sp³-hybridized carbons (Fsp3) is 0.0588. The number of nitrogens with zero attached hydrogens (tertiary/aromatic N) is 2. The number of carbonyl (C=O) groups is 2. The molecular weight excluding hydrogens is 498 g/mol. The van der Waals surface area contributed by atoms with Crippen LogP contribution < -0.4 is 10.6 Å². The SMILES string of the molecule is O=C(CSc1nnc(NC(=O)c2ccc(Cl)cc2Cl)s1)Nc1ccc(Cl)c(Cl)c1. The monoisotopic (exact) mass is 506 g/mol. The summed E-state index contributed by atoms with van der Waals surface area (Å²) in [6.45, 7) is 0. The highest BCUT2D eigenvalue weighted by Gasteiger charge is 2.14. The van der Waals surface area contributed by atoms with Crippen molar-refractivity contribution in [3.63, 3.8) is 0 Å². The quantitative estimate of drug-likeness (QED) is 0.309. The molecule has 1 heterocycles. The summed E-state index contributed by atoms with van der Waals surface area (Å²) in [5.74, 6) is -0.579. The van der Waals surface area contributed by atoms with Crippen LogP contribution in [0.2, 0.25) is 20.1 Å². The van der Waals surface area contributed by atoms with Gasteiger partial charge in [-0.15, -0.1) is 10.2 Å². The first-order chi connectivity index (χ1) is 13.8. The van der Waals surface area contributed by atoms with Gasteiger partial charge in [-0.3, -0.25) is 14.9 Å². The molecule has 0 radical (unpaired) electrons. The van der Waals surface area contributed by atoms with E-state index in [1.807, 2.05) is 0 Å². The van der Waals surface area contributed by atoms with Crippen LogP contribution in [0.4, 0.5) is 10.8 Å². The molecule has 0 aliphatic rings. The number of amides is 2. The molecule has 6 nitrogen and oxygen atoms in total. The minimum absolute atomic E-state index is 0.103. The Morgan fingerprint density at radius 1 is 0.931 bits per heavy atom. The van der Waals surface area contributed by atoms with Crippen LogP contribution >= 0.6 is 69.5 Å². The number of anilines is 2. The second-order valence-corrected chi connectivity index (χ2v) is 9.28. The Balaban J connectivity index is 1.54. The Bertz CT molecular complexity index is 1080. The van der Waals surface area contributed by atoms with Gasteiger partial charge in [-0.05, 0) is 36.4 Å². The lowest BCUT2D eigenvalue weighted by atomic mass is 10.2. The average Bonchev–Trinajstić information content (AvgIpc) is 3.10. The number of hydrogen-bond donors (Lipinski definition) is 2. The van der Waals surface area contributed by atoms with Gasteiger partial charge in [0.05, 0.1) is 26.4 Å². The van der Waals surface area contributed by atoms with Gasteiger partial charge >= 0.3 is 0 Å². The molecule has 0 saturated carbocycles. The van der Waals surface area contributed by atoms with Crippen LogP contribution in [-0.2, 0) is 4.79 Å². The van der Waals surface area contributed by atoms with Crippen LogP contribution in [-0.4, -0.2) is 27.8 Å². The smallest absolute Gasteiger partial charge is 0.259 e. The number of benzene rings is 2. The molecule has 29 heavy (non-hydrogen) atoms. The van der Waals surface area contributed by atoms with Crippen LogP contribution in [0.15, 0.2) is 40.7 Å². The molecule has 0 aliphatic heterocycles. The maximum atomic E-state index is 12.3. The molecular formula is C17H10Cl4N4O2S2.